The zero-order valence-electron chi connectivity index (χ0n) is 15.0. The Morgan fingerprint density at radius 1 is 1.28 bits per heavy atom. The summed E-state index contributed by atoms with van der Waals surface area (Å²) < 4.78 is 21.3. The number of rotatable bonds is 8. The summed E-state index contributed by atoms with van der Waals surface area (Å²) in [6.45, 7) is 8.31. The fourth-order valence-electron chi connectivity index (χ4n) is 2.09. The molecule has 0 fully saturated rings. The average molecular weight is 350 g/mol. The fourth-order valence-corrected chi connectivity index (χ4v) is 2.09. The molecule has 7 heteroatoms. The van der Waals surface area contributed by atoms with Crippen LogP contribution in [0.15, 0.2) is 23.2 Å². The summed E-state index contributed by atoms with van der Waals surface area (Å²) in [7, 11) is 0. The van der Waals surface area contributed by atoms with Gasteiger partial charge in [-0.25, -0.2) is 4.99 Å². The van der Waals surface area contributed by atoms with Crippen LogP contribution in [0.2, 0.25) is 0 Å². The maximum Gasteiger partial charge on any atom is 0.291 e. The molecule has 1 aliphatic heterocycles. The molecule has 0 radical (unpaired) electrons. The van der Waals surface area contributed by atoms with E-state index in [-0.39, 0.29) is 18.7 Å². The lowest BCUT2D eigenvalue weighted by Crippen LogP contribution is -2.33. The Morgan fingerprint density at radius 3 is 2.84 bits per heavy atom. The number of nitrogens with zero attached hydrogens (tertiary/aromatic N) is 1. The standard InChI is InChI=1S/C18H26N2O5/c1-4-22-9-10-23-18(19-8-7-13(2)3)20-17(21)14-5-6-15-16(11-14)25-12-24-15/h5-6,11,13H,4,7-10,12H2,1-3H3,(H,19,20,21). The molecule has 1 aromatic rings. The van der Waals surface area contributed by atoms with Gasteiger partial charge in [0, 0.05) is 18.7 Å². The number of aliphatic imine (C=N–C) groups is 1. The molecule has 7 nitrogen and oxygen atoms in total. The largest absolute Gasteiger partial charge is 0.463 e. The molecular formula is C18H26N2O5. The average Bonchev–Trinajstić information content (AvgIpc) is 3.05. The van der Waals surface area contributed by atoms with Crippen LogP contribution in [-0.4, -0.2) is 45.1 Å². The predicted molar refractivity (Wildman–Crippen MR) is 94.2 cm³/mol. The highest BCUT2D eigenvalue weighted by molar-refractivity contribution is 6.04. The van der Waals surface area contributed by atoms with Crippen LogP contribution in [-0.2, 0) is 9.47 Å². The van der Waals surface area contributed by atoms with Crippen molar-refractivity contribution in [3.63, 3.8) is 0 Å². The first kappa shape index (κ1) is 19.1. The van der Waals surface area contributed by atoms with Gasteiger partial charge in [0.05, 0.1) is 6.61 Å². The van der Waals surface area contributed by atoms with Gasteiger partial charge in [0.15, 0.2) is 11.5 Å². The number of ether oxygens (including phenoxy) is 4. The van der Waals surface area contributed by atoms with Crippen LogP contribution in [0, 0.1) is 5.92 Å². The van der Waals surface area contributed by atoms with E-state index < -0.39 is 0 Å². The Balaban J connectivity index is 1.97. The van der Waals surface area contributed by atoms with E-state index in [0.717, 1.165) is 6.42 Å². The van der Waals surface area contributed by atoms with Crippen LogP contribution < -0.4 is 14.8 Å². The molecule has 1 amide bonds. The minimum absolute atomic E-state index is 0.169. The molecule has 25 heavy (non-hydrogen) atoms. The number of amidine groups is 1. The molecule has 1 heterocycles. The van der Waals surface area contributed by atoms with Crippen molar-refractivity contribution in [2.45, 2.75) is 27.2 Å². The normalized spacial score (nSPS) is 13.2. The maximum absolute atomic E-state index is 12.4. The summed E-state index contributed by atoms with van der Waals surface area (Å²) in [4.78, 5) is 16.8. The molecule has 0 bridgehead atoms. The van der Waals surface area contributed by atoms with Gasteiger partial charge in [-0.1, -0.05) is 13.8 Å². The highest BCUT2D eigenvalue weighted by Crippen LogP contribution is 2.32. The molecule has 0 atom stereocenters. The third-order valence-corrected chi connectivity index (χ3v) is 3.49. The molecule has 1 N–H and O–H groups in total. The summed E-state index contributed by atoms with van der Waals surface area (Å²) in [6, 6.07) is 5.24. The summed E-state index contributed by atoms with van der Waals surface area (Å²) in [5.41, 5.74) is 0.453. The monoisotopic (exact) mass is 350 g/mol. The molecule has 0 aliphatic carbocycles. The van der Waals surface area contributed by atoms with E-state index in [2.05, 4.69) is 24.2 Å². The number of amides is 1. The number of nitrogens with one attached hydrogen (secondary N) is 1. The van der Waals surface area contributed by atoms with Gasteiger partial charge < -0.3 is 18.9 Å². The Bertz CT molecular complexity index is 601. The summed E-state index contributed by atoms with van der Waals surface area (Å²) in [5, 5.41) is 2.71. The SMILES string of the molecule is CCOCCOC(=NCCC(C)C)NC(=O)c1ccc2c(c1)OCO2. The first-order chi connectivity index (χ1) is 12.1. The van der Waals surface area contributed by atoms with E-state index in [1.807, 2.05) is 6.92 Å². The van der Waals surface area contributed by atoms with Crippen LogP contribution in [0.5, 0.6) is 11.5 Å². The van der Waals surface area contributed by atoms with Crippen molar-refractivity contribution in [3.05, 3.63) is 23.8 Å². The van der Waals surface area contributed by atoms with E-state index in [4.69, 9.17) is 18.9 Å². The van der Waals surface area contributed by atoms with E-state index in [9.17, 15) is 4.79 Å². The molecular weight excluding hydrogens is 324 g/mol. The molecule has 1 aliphatic rings. The quantitative estimate of drug-likeness (QED) is 0.443. The number of carbonyl (C=O) groups is 1. The third kappa shape index (κ3) is 6.26. The zero-order chi connectivity index (χ0) is 18.1. The van der Waals surface area contributed by atoms with Crippen LogP contribution in [0.1, 0.15) is 37.6 Å². The minimum Gasteiger partial charge on any atom is -0.463 e. The van der Waals surface area contributed by atoms with Crippen LogP contribution in [0.4, 0.5) is 0 Å². The number of carbonyl (C=O) groups excluding carboxylic acids is 1. The van der Waals surface area contributed by atoms with E-state index >= 15 is 0 Å². The molecule has 0 aromatic heterocycles. The molecule has 2 rings (SSSR count). The third-order valence-electron chi connectivity index (χ3n) is 3.49. The zero-order valence-corrected chi connectivity index (χ0v) is 15.0. The van der Waals surface area contributed by atoms with Crippen molar-refractivity contribution < 1.29 is 23.7 Å². The van der Waals surface area contributed by atoms with Crippen molar-refractivity contribution in [3.8, 4) is 11.5 Å². The Morgan fingerprint density at radius 2 is 2.08 bits per heavy atom. The second kappa shape index (κ2) is 9.88. The fraction of sp³-hybridized carbons (Fsp3) is 0.556. The Labute approximate surface area is 148 Å². The Hall–Kier alpha value is -2.28. The van der Waals surface area contributed by atoms with Gasteiger partial charge >= 0.3 is 0 Å². The lowest BCUT2D eigenvalue weighted by molar-refractivity contribution is 0.0921. The van der Waals surface area contributed by atoms with Gasteiger partial charge in [0.25, 0.3) is 11.9 Å². The maximum atomic E-state index is 12.4. The second-order valence-corrected chi connectivity index (χ2v) is 5.94. The molecule has 138 valence electrons. The van der Waals surface area contributed by atoms with Crippen molar-refractivity contribution in [1.29, 1.82) is 0 Å². The van der Waals surface area contributed by atoms with Crippen molar-refractivity contribution in [2.24, 2.45) is 10.9 Å². The number of fused-ring (bicyclic) bond motifs is 1. The molecule has 1 aromatic carbocycles. The van der Waals surface area contributed by atoms with Gasteiger partial charge in [0.2, 0.25) is 6.79 Å². The molecule has 0 unspecified atom stereocenters. The first-order valence-corrected chi connectivity index (χ1v) is 8.56. The highest BCUT2D eigenvalue weighted by Gasteiger charge is 2.17. The molecule has 0 spiro atoms. The van der Waals surface area contributed by atoms with E-state index in [1.165, 1.54) is 0 Å². The summed E-state index contributed by atoms with van der Waals surface area (Å²) >= 11 is 0. The number of benzene rings is 1. The summed E-state index contributed by atoms with van der Waals surface area (Å²) in [6.07, 6.45) is 0.915. The topological polar surface area (TPSA) is 78.4 Å². The Kier molecular flexibility index (Phi) is 7.53. The number of hydrogen-bond donors (Lipinski definition) is 1. The smallest absolute Gasteiger partial charge is 0.291 e. The van der Waals surface area contributed by atoms with E-state index in [1.54, 1.807) is 18.2 Å². The minimum atomic E-state index is -0.307. The second-order valence-electron chi connectivity index (χ2n) is 5.94. The van der Waals surface area contributed by atoms with Gasteiger partial charge in [-0.05, 0) is 37.5 Å². The van der Waals surface area contributed by atoms with Crippen LogP contribution >= 0.6 is 0 Å². The number of hydrogen-bond acceptors (Lipinski definition) is 6. The lowest BCUT2D eigenvalue weighted by Gasteiger charge is -2.11. The first-order valence-electron chi connectivity index (χ1n) is 8.56. The lowest BCUT2D eigenvalue weighted by atomic mass is 10.1. The molecule has 0 saturated carbocycles. The molecule has 0 saturated heterocycles. The van der Waals surface area contributed by atoms with Gasteiger partial charge in [-0.2, -0.15) is 0 Å². The van der Waals surface area contributed by atoms with Gasteiger partial charge in [-0.15, -0.1) is 0 Å². The van der Waals surface area contributed by atoms with Crippen molar-refractivity contribution in [1.82, 2.24) is 5.32 Å². The van der Waals surface area contributed by atoms with Gasteiger partial charge in [-0.3, -0.25) is 10.1 Å². The van der Waals surface area contributed by atoms with Crippen LogP contribution in [0.25, 0.3) is 0 Å². The predicted octanol–water partition coefficient (Wildman–Crippen LogP) is 2.60. The summed E-state index contributed by atoms with van der Waals surface area (Å²) in [5.74, 6) is 1.41. The van der Waals surface area contributed by atoms with Crippen molar-refractivity contribution in [2.75, 3.05) is 33.2 Å². The van der Waals surface area contributed by atoms with Crippen molar-refractivity contribution >= 4 is 11.9 Å². The highest BCUT2D eigenvalue weighted by atomic mass is 16.7. The van der Waals surface area contributed by atoms with Crippen LogP contribution in [0.3, 0.4) is 0 Å². The van der Waals surface area contributed by atoms with E-state index in [0.29, 0.717) is 49.3 Å². The van der Waals surface area contributed by atoms with Gasteiger partial charge in [0.1, 0.15) is 6.61 Å².